The first-order valence-electron chi connectivity index (χ1n) is 8.59. The van der Waals surface area contributed by atoms with E-state index in [9.17, 15) is 4.79 Å². The van der Waals surface area contributed by atoms with Gasteiger partial charge in [-0.3, -0.25) is 0 Å². The van der Waals surface area contributed by atoms with Crippen molar-refractivity contribution in [2.24, 2.45) is 0 Å². The molecular formula is C19H13N5O3S. The van der Waals surface area contributed by atoms with Gasteiger partial charge < -0.3 is 9.15 Å². The number of benzene rings is 2. The predicted molar refractivity (Wildman–Crippen MR) is 102 cm³/mol. The summed E-state index contributed by atoms with van der Waals surface area (Å²) in [5.41, 5.74) is 2.65. The number of rotatable bonds is 4. The van der Waals surface area contributed by atoms with Crippen LogP contribution in [0.25, 0.3) is 27.6 Å². The highest BCUT2D eigenvalue weighted by Gasteiger charge is 2.21. The van der Waals surface area contributed by atoms with Crippen LogP contribution in [0.5, 0.6) is 0 Å². The second-order valence-corrected chi connectivity index (χ2v) is 6.82. The molecule has 0 saturated carbocycles. The molecule has 0 bridgehead atoms. The summed E-state index contributed by atoms with van der Waals surface area (Å²) in [6.07, 6.45) is 0. The quantitative estimate of drug-likeness (QED) is 0.338. The number of fused-ring (bicyclic) bond motifs is 4. The molecule has 5 rings (SSSR count). The highest BCUT2D eigenvalue weighted by Crippen LogP contribution is 2.34. The van der Waals surface area contributed by atoms with E-state index in [1.54, 1.807) is 6.92 Å². The second kappa shape index (κ2) is 6.61. The average molecular weight is 391 g/mol. The summed E-state index contributed by atoms with van der Waals surface area (Å²) in [4.78, 5) is 21.4. The third-order valence-electron chi connectivity index (χ3n) is 4.14. The summed E-state index contributed by atoms with van der Waals surface area (Å²) in [7, 11) is 0. The van der Waals surface area contributed by atoms with Crippen molar-refractivity contribution in [2.75, 3.05) is 6.61 Å². The van der Waals surface area contributed by atoms with Gasteiger partial charge in [-0.2, -0.15) is 4.52 Å². The number of carbonyl (C=O) groups excluding carboxylic acids is 1. The van der Waals surface area contributed by atoms with Crippen molar-refractivity contribution in [3.05, 3.63) is 54.2 Å². The summed E-state index contributed by atoms with van der Waals surface area (Å²) in [6, 6.07) is 15.2. The van der Waals surface area contributed by atoms with Gasteiger partial charge in [-0.25, -0.2) is 14.8 Å². The molecule has 3 heterocycles. The number of hydrogen-bond donors (Lipinski definition) is 0. The number of nitrogens with zero attached hydrogens (tertiary/aromatic N) is 5. The van der Waals surface area contributed by atoms with E-state index in [-0.39, 0.29) is 12.3 Å². The van der Waals surface area contributed by atoms with Gasteiger partial charge in [0.05, 0.1) is 12.1 Å². The summed E-state index contributed by atoms with van der Waals surface area (Å²) in [5, 5.41) is 10.0. The van der Waals surface area contributed by atoms with Crippen molar-refractivity contribution < 1.29 is 13.9 Å². The highest BCUT2D eigenvalue weighted by atomic mass is 32.2. The molecule has 0 aliphatic heterocycles. The van der Waals surface area contributed by atoms with Crippen LogP contribution in [0.4, 0.5) is 0 Å². The number of para-hydroxylation sites is 3. The topological polar surface area (TPSA) is 95.4 Å². The molecule has 8 nitrogen and oxygen atoms in total. The zero-order chi connectivity index (χ0) is 19.1. The number of oxazole rings is 1. The third-order valence-corrected chi connectivity index (χ3v) is 5.00. The van der Waals surface area contributed by atoms with E-state index in [1.807, 2.05) is 48.5 Å². The minimum atomic E-state index is -0.557. The minimum absolute atomic E-state index is 0.0759. The van der Waals surface area contributed by atoms with Crippen LogP contribution >= 0.6 is 11.8 Å². The summed E-state index contributed by atoms with van der Waals surface area (Å²) < 4.78 is 12.4. The summed E-state index contributed by atoms with van der Waals surface area (Å²) in [6.45, 7) is 1.98. The summed E-state index contributed by atoms with van der Waals surface area (Å²) >= 11 is 1.28. The van der Waals surface area contributed by atoms with Crippen LogP contribution < -0.4 is 0 Å². The van der Waals surface area contributed by atoms with E-state index in [0.29, 0.717) is 21.5 Å². The van der Waals surface area contributed by atoms with E-state index in [0.717, 1.165) is 16.4 Å². The average Bonchev–Trinajstić information content (AvgIpc) is 3.32. The lowest BCUT2D eigenvalue weighted by Crippen LogP contribution is -2.06. The lowest BCUT2D eigenvalue weighted by Gasteiger charge is -2.06. The Morgan fingerprint density at radius 1 is 1.14 bits per heavy atom. The van der Waals surface area contributed by atoms with Gasteiger partial charge in [0.15, 0.2) is 11.2 Å². The summed E-state index contributed by atoms with van der Waals surface area (Å²) in [5.74, 6) is -0.557. The first-order chi connectivity index (χ1) is 13.7. The van der Waals surface area contributed by atoms with Crippen molar-refractivity contribution in [3.8, 4) is 0 Å². The van der Waals surface area contributed by atoms with E-state index < -0.39 is 5.97 Å². The van der Waals surface area contributed by atoms with Crippen molar-refractivity contribution >= 4 is 45.4 Å². The Morgan fingerprint density at radius 3 is 2.82 bits per heavy atom. The lowest BCUT2D eigenvalue weighted by atomic mass is 10.2. The van der Waals surface area contributed by atoms with Crippen molar-refractivity contribution in [1.82, 2.24) is 24.8 Å². The fourth-order valence-corrected chi connectivity index (χ4v) is 3.78. The second-order valence-electron chi connectivity index (χ2n) is 5.88. The third kappa shape index (κ3) is 2.67. The Kier molecular flexibility index (Phi) is 3.94. The normalized spacial score (nSPS) is 11.5. The molecule has 0 N–H and O–H groups in total. The van der Waals surface area contributed by atoms with Crippen LogP contribution in [0.1, 0.15) is 17.4 Å². The van der Waals surface area contributed by atoms with Gasteiger partial charge in [0.2, 0.25) is 5.69 Å². The van der Waals surface area contributed by atoms with Crippen LogP contribution in [0.3, 0.4) is 0 Å². The fraction of sp³-hybridized carbons (Fsp3) is 0.105. The van der Waals surface area contributed by atoms with Crippen molar-refractivity contribution in [1.29, 1.82) is 0 Å². The number of esters is 1. The number of carbonyl (C=O) groups is 1. The Bertz CT molecular complexity index is 1310. The standard InChI is InChI=1S/C19H13N5O3S/c1-2-26-18(25)15-16-21-17(11-7-3-5-9-13(11)24(16)23-22-15)28-19-20-12-8-4-6-10-14(12)27-19/h3-10H,2H2,1H3. The van der Waals surface area contributed by atoms with Gasteiger partial charge in [0, 0.05) is 5.39 Å². The van der Waals surface area contributed by atoms with E-state index in [2.05, 4.69) is 20.3 Å². The molecule has 5 aromatic rings. The smallest absolute Gasteiger partial charge is 0.362 e. The van der Waals surface area contributed by atoms with Gasteiger partial charge in [-0.15, -0.1) is 5.10 Å². The molecule has 9 heteroatoms. The molecule has 28 heavy (non-hydrogen) atoms. The zero-order valence-corrected chi connectivity index (χ0v) is 15.5. The van der Waals surface area contributed by atoms with Gasteiger partial charge in [-0.1, -0.05) is 35.5 Å². The SMILES string of the molecule is CCOC(=O)c1nnn2c1nc(Sc1nc3ccccc3o1)c1ccccc12. The first-order valence-corrected chi connectivity index (χ1v) is 9.41. The zero-order valence-electron chi connectivity index (χ0n) is 14.7. The molecule has 0 amide bonds. The molecule has 2 aromatic carbocycles. The maximum absolute atomic E-state index is 12.2. The van der Waals surface area contributed by atoms with E-state index in [4.69, 9.17) is 9.15 Å². The predicted octanol–water partition coefficient (Wildman–Crippen LogP) is 3.75. The van der Waals surface area contributed by atoms with Gasteiger partial charge in [-0.05, 0) is 36.9 Å². The van der Waals surface area contributed by atoms with Crippen LogP contribution in [0.15, 0.2) is 63.2 Å². The largest absolute Gasteiger partial charge is 0.461 e. The molecule has 0 unspecified atom stereocenters. The first kappa shape index (κ1) is 16.7. The molecule has 0 atom stereocenters. The monoisotopic (exact) mass is 391 g/mol. The fourth-order valence-electron chi connectivity index (χ4n) is 2.92. The Hall–Kier alpha value is -3.46. The lowest BCUT2D eigenvalue weighted by molar-refractivity contribution is 0.0521. The van der Waals surface area contributed by atoms with E-state index in [1.165, 1.54) is 16.3 Å². The molecular weight excluding hydrogens is 378 g/mol. The molecule has 0 fully saturated rings. The molecule has 3 aromatic heterocycles. The van der Waals surface area contributed by atoms with Crippen LogP contribution in [0, 0.1) is 0 Å². The molecule has 0 aliphatic carbocycles. The van der Waals surface area contributed by atoms with Crippen LogP contribution in [-0.4, -0.2) is 37.4 Å². The van der Waals surface area contributed by atoms with E-state index >= 15 is 0 Å². The Morgan fingerprint density at radius 2 is 1.96 bits per heavy atom. The number of hydrogen-bond acceptors (Lipinski definition) is 8. The Balaban J connectivity index is 1.69. The van der Waals surface area contributed by atoms with Gasteiger partial charge >= 0.3 is 5.97 Å². The molecule has 0 saturated heterocycles. The van der Waals surface area contributed by atoms with Crippen molar-refractivity contribution in [2.45, 2.75) is 17.2 Å². The van der Waals surface area contributed by atoms with Crippen molar-refractivity contribution in [3.63, 3.8) is 0 Å². The molecule has 138 valence electrons. The van der Waals surface area contributed by atoms with Gasteiger partial charge in [0.25, 0.3) is 5.22 Å². The number of ether oxygens (including phenoxy) is 1. The van der Waals surface area contributed by atoms with Crippen LogP contribution in [0.2, 0.25) is 0 Å². The maximum atomic E-state index is 12.2. The molecule has 0 spiro atoms. The minimum Gasteiger partial charge on any atom is -0.461 e. The number of aromatic nitrogens is 5. The van der Waals surface area contributed by atoms with Crippen LogP contribution in [-0.2, 0) is 4.74 Å². The molecule has 0 radical (unpaired) electrons. The molecule has 0 aliphatic rings. The Labute approximate surface area is 162 Å². The highest BCUT2D eigenvalue weighted by molar-refractivity contribution is 7.99. The maximum Gasteiger partial charge on any atom is 0.362 e. The van der Waals surface area contributed by atoms with Gasteiger partial charge in [0.1, 0.15) is 10.5 Å².